The molecule has 0 unspecified atom stereocenters. The Morgan fingerprint density at radius 2 is 1.85 bits per heavy atom. The van der Waals surface area contributed by atoms with Crippen molar-refractivity contribution < 1.29 is 9.90 Å². The van der Waals surface area contributed by atoms with Gasteiger partial charge in [-0.15, -0.1) is 24.8 Å². The van der Waals surface area contributed by atoms with E-state index in [9.17, 15) is 4.79 Å². The maximum atomic E-state index is 10.5. The predicted molar refractivity (Wildman–Crippen MR) is 55.4 cm³/mol. The molecule has 0 aliphatic carbocycles. The molecule has 80 valence electrons. The van der Waals surface area contributed by atoms with Gasteiger partial charge in [0.25, 0.3) is 0 Å². The Bertz CT molecular complexity index is 149. The molecule has 0 atom stereocenters. The summed E-state index contributed by atoms with van der Waals surface area (Å²) in [5, 5.41) is 9.12. The van der Waals surface area contributed by atoms with E-state index >= 15 is 0 Å². The molecule has 13 heavy (non-hydrogen) atoms. The summed E-state index contributed by atoms with van der Waals surface area (Å²) in [6, 6.07) is 0. The highest BCUT2D eigenvalue weighted by Gasteiger charge is 2.17. The van der Waals surface area contributed by atoms with Crippen LogP contribution in [-0.2, 0) is 4.79 Å². The Kier molecular flexibility index (Phi) is 8.77. The van der Waals surface area contributed by atoms with Crippen LogP contribution in [0.15, 0.2) is 0 Å². The third kappa shape index (κ3) is 6.10. The third-order valence-electron chi connectivity index (χ3n) is 1.94. The van der Waals surface area contributed by atoms with Gasteiger partial charge in [-0.3, -0.25) is 9.69 Å². The predicted octanol–water partition coefficient (Wildman–Crippen LogP) is -0.228. The van der Waals surface area contributed by atoms with Crippen molar-refractivity contribution in [2.24, 2.45) is 5.73 Å². The van der Waals surface area contributed by atoms with Crippen LogP contribution in [0.25, 0.3) is 0 Å². The average Bonchev–Trinajstić information content (AvgIpc) is 1.93. The van der Waals surface area contributed by atoms with Gasteiger partial charge >= 0.3 is 0 Å². The monoisotopic (exact) mass is 230 g/mol. The molecule has 0 saturated carbocycles. The van der Waals surface area contributed by atoms with Gasteiger partial charge in [0.1, 0.15) is 0 Å². The van der Waals surface area contributed by atoms with Crippen molar-refractivity contribution in [3.05, 3.63) is 0 Å². The van der Waals surface area contributed by atoms with Gasteiger partial charge in [0.15, 0.2) is 0 Å². The third-order valence-corrected chi connectivity index (χ3v) is 1.94. The van der Waals surface area contributed by atoms with Crippen LogP contribution in [0.3, 0.4) is 0 Å². The van der Waals surface area contributed by atoms with Crippen LogP contribution in [0.2, 0.25) is 0 Å². The molecular formula is C7H16Cl2N2O2. The summed E-state index contributed by atoms with van der Waals surface area (Å²) < 4.78 is 0. The smallest absolute Gasteiger partial charge is 0.231 e. The lowest BCUT2D eigenvalue weighted by molar-refractivity contribution is -0.119. The Balaban J connectivity index is 0. The van der Waals surface area contributed by atoms with Crippen molar-refractivity contribution in [2.45, 2.75) is 18.9 Å². The first-order chi connectivity index (χ1) is 5.18. The van der Waals surface area contributed by atoms with Crippen molar-refractivity contribution in [3.63, 3.8) is 0 Å². The molecule has 0 aromatic rings. The second-order valence-electron chi connectivity index (χ2n) is 2.97. The number of aliphatic hydroxyl groups excluding tert-OH is 1. The van der Waals surface area contributed by atoms with Crippen LogP contribution >= 0.6 is 24.8 Å². The quantitative estimate of drug-likeness (QED) is 0.690. The average molecular weight is 231 g/mol. The lowest BCUT2D eigenvalue weighted by Gasteiger charge is -2.28. The molecule has 1 rings (SSSR count). The van der Waals surface area contributed by atoms with Gasteiger partial charge in [-0.25, -0.2) is 0 Å². The zero-order valence-corrected chi connectivity index (χ0v) is 8.94. The number of primary amides is 1. The van der Waals surface area contributed by atoms with Gasteiger partial charge in [0.05, 0.1) is 12.6 Å². The van der Waals surface area contributed by atoms with Crippen LogP contribution in [0.1, 0.15) is 12.8 Å². The number of piperidine rings is 1. The van der Waals surface area contributed by atoms with Gasteiger partial charge in [0, 0.05) is 13.1 Å². The van der Waals surface area contributed by atoms with Crippen LogP contribution in [0, 0.1) is 0 Å². The molecule has 1 heterocycles. The normalized spacial score (nSPS) is 18.5. The van der Waals surface area contributed by atoms with Crippen LogP contribution in [-0.4, -0.2) is 41.7 Å². The molecule has 0 radical (unpaired) electrons. The molecule has 0 spiro atoms. The number of halogens is 2. The van der Waals surface area contributed by atoms with Crippen LogP contribution in [0.5, 0.6) is 0 Å². The molecule has 1 amide bonds. The summed E-state index contributed by atoms with van der Waals surface area (Å²) in [5.74, 6) is -0.290. The van der Waals surface area contributed by atoms with E-state index in [-0.39, 0.29) is 36.8 Å². The lowest BCUT2D eigenvalue weighted by Crippen LogP contribution is -2.40. The second kappa shape index (κ2) is 7.38. The number of rotatable bonds is 2. The van der Waals surface area contributed by atoms with Gasteiger partial charge in [-0.05, 0) is 12.8 Å². The second-order valence-corrected chi connectivity index (χ2v) is 2.97. The van der Waals surface area contributed by atoms with Crippen molar-refractivity contribution >= 4 is 30.7 Å². The fraction of sp³-hybridized carbons (Fsp3) is 0.857. The highest BCUT2D eigenvalue weighted by molar-refractivity contribution is 5.85. The van der Waals surface area contributed by atoms with E-state index in [0.29, 0.717) is 6.54 Å². The highest BCUT2D eigenvalue weighted by Crippen LogP contribution is 2.08. The summed E-state index contributed by atoms with van der Waals surface area (Å²) in [5.41, 5.74) is 5.01. The number of aliphatic hydroxyl groups is 1. The molecule has 1 aliphatic rings. The molecular weight excluding hydrogens is 215 g/mol. The van der Waals surface area contributed by atoms with Gasteiger partial charge in [-0.1, -0.05) is 0 Å². The number of likely N-dealkylation sites (tertiary alicyclic amines) is 1. The maximum Gasteiger partial charge on any atom is 0.231 e. The zero-order valence-electron chi connectivity index (χ0n) is 7.31. The number of amides is 1. The zero-order chi connectivity index (χ0) is 8.27. The first kappa shape index (κ1) is 15.4. The van der Waals surface area contributed by atoms with Gasteiger partial charge in [-0.2, -0.15) is 0 Å². The minimum Gasteiger partial charge on any atom is -0.393 e. The number of carbonyl (C=O) groups excluding carboxylic acids is 1. The van der Waals surface area contributed by atoms with Gasteiger partial charge < -0.3 is 10.8 Å². The fourth-order valence-corrected chi connectivity index (χ4v) is 1.30. The SMILES string of the molecule is Cl.Cl.NC(=O)CN1CCC(O)CC1. The van der Waals surface area contributed by atoms with E-state index in [1.54, 1.807) is 0 Å². The number of hydrogen-bond donors (Lipinski definition) is 2. The van der Waals surface area contributed by atoms with E-state index < -0.39 is 0 Å². The standard InChI is InChI=1S/C7H14N2O2.2ClH/c8-7(11)5-9-3-1-6(10)2-4-9;;/h6,10H,1-5H2,(H2,8,11);2*1H. The Morgan fingerprint density at radius 1 is 1.38 bits per heavy atom. The molecule has 1 aliphatic heterocycles. The Morgan fingerprint density at radius 3 is 2.23 bits per heavy atom. The van der Waals surface area contributed by atoms with E-state index in [2.05, 4.69) is 0 Å². The molecule has 1 saturated heterocycles. The van der Waals surface area contributed by atoms with E-state index in [1.807, 2.05) is 4.90 Å². The first-order valence-corrected chi connectivity index (χ1v) is 3.87. The van der Waals surface area contributed by atoms with E-state index in [0.717, 1.165) is 25.9 Å². The van der Waals surface area contributed by atoms with Gasteiger partial charge in [0.2, 0.25) is 5.91 Å². The first-order valence-electron chi connectivity index (χ1n) is 3.87. The van der Waals surface area contributed by atoms with Crippen molar-refractivity contribution in [1.82, 2.24) is 4.90 Å². The number of nitrogens with zero attached hydrogens (tertiary/aromatic N) is 1. The number of nitrogens with two attached hydrogens (primary N) is 1. The molecule has 0 aromatic heterocycles. The summed E-state index contributed by atoms with van der Waals surface area (Å²) in [6.07, 6.45) is 1.33. The summed E-state index contributed by atoms with van der Waals surface area (Å²) in [7, 11) is 0. The Labute approximate surface area is 90.3 Å². The summed E-state index contributed by atoms with van der Waals surface area (Å²) >= 11 is 0. The molecule has 6 heteroatoms. The minimum atomic E-state index is -0.290. The summed E-state index contributed by atoms with van der Waals surface area (Å²) in [4.78, 5) is 12.4. The largest absolute Gasteiger partial charge is 0.393 e. The maximum absolute atomic E-state index is 10.5. The van der Waals surface area contributed by atoms with Crippen molar-refractivity contribution in [1.29, 1.82) is 0 Å². The van der Waals surface area contributed by atoms with E-state index in [4.69, 9.17) is 10.8 Å². The van der Waals surface area contributed by atoms with Crippen LogP contribution in [0.4, 0.5) is 0 Å². The number of hydrogen-bond acceptors (Lipinski definition) is 3. The molecule has 1 fully saturated rings. The van der Waals surface area contributed by atoms with Crippen molar-refractivity contribution in [2.75, 3.05) is 19.6 Å². The fourth-order valence-electron chi connectivity index (χ4n) is 1.30. The van der Waals surface area contributed by atoms with E-state index in [1.165, 1.54) is 0 Å². The molecule has 0 aromatic carbocycles. The minimum absolute atomic E-state index is 0. The molecule has 3 N–H and O–H groups in total. The Hall–Kier alpha value is -0.0300. The topological polar surface area (TPSA) is 66.6 Å². The van der Waals surface area contributed by atoms with Crippen molar-refractivity contribution in [3.8, 4) is 0 Å². The summed E-state index contributed by atoms with van der Waals surface area (Å²) in [6.45, 7) is 1.89. The molecule has 4 nitrogen and oxygen atoms in total. The molecule has 0 bridgehead atoms. The van der Waals surface area contributed by atoms with Crippen LogP contribution < -0.4 is 5.73 Å². The lowest BCUT2D eigenvalue weighted by atomic mass is 10.1. The highest BCUT2D eigenvalue weighted by atomic mass is 35.5. The number of carbonyl (C=O) groups is 1.